The second-order valence-electron chi connectivity index (χ2n) is 6.73. The van der Waals surface area contributed by atoms with E-state index in [-0.39, 0.29) is 24.2 Å². The Labute approximate surface area is 167 Å². The van der Waals surface area contributed by atoms with E-state index in [0.29, 0.717) is 22.6 Å². The average molecular weight is 387 g/mol. The number of rotatable bonds is 5. The molecule has 1 aliphatic heterocycles. The van der Waals surface area contributed by atoms with Crippen LogP contribution >= 0.6 is 0 Å². The smallest absolute Gasteiger partial charge is 0.261 e. The summed E-state index contributed by atoms with van der Waals surface area (Å²) in [4.78, 5) is 26.1. The summed E-state index contributed by atoms with van der Waals surface area (Å²) in [5.74, 6) is 0.340. The van der Waals surface area contributed by atoms with Crippen LogP contribution in [0.4, 0.5) is 4.39 Å². The third kappa shape index (κ3) is 3.80. The lowest BCUT2D eigenvalue weighted by Crippen LogP contribution is -2.29. The van der Waals surface area contributed by atoms with Crippen LogP contribution in [0.2, 0.25) is 0 Å². The Morgan fingerprint density at radius 1 is 0.862 bits per heavy atom. The summed E-state index contributed by atoms with van der Waals surface area (Å²) in [5, 5.41) is 0. The summed E-state index contributed by atoms with van der Waals surface area (Å²) in [6, 6.07) is 20.1. The van der Waals surface area contributed by atoms with Crippen molar-refractivity contribution >= 4 is 17.4 Å². The fourth-order valence-corrected chi connectivity index (χ4v) is 3.18. The third-order valence-corrected chi connectivity index (χ3v) is 4.82. The van der Waals surface area contributed by atoms with Gasteiger partial charge in [0.05, 0.1) is 11.1 Å². The number of carbonyl (C=O) groups excluding carboxylic acids is 2. The summed E-state index contributed by atoms with van der Waals surface area (Å²) >= 11 is 0. The number of benzene rings is 3. The van der Waals surface area contributed by atoms with Gasteiger partial charge in [-0.25, -0.2) is 4.39 Å². The highest BCUT2D eigenvalue weighted by molar-refractivity contribution is 6.21. The monoisotopic (exact) mass is 387 g/mol. The largest absolute Gasteiger partial charge is 0.457 e. The summed E-state index contributed by atoms with van der Waals surface area (Å²) in [6.45, 7) is 2.14. The maximum absolute atomic E-state index is 13.0. The predicted molar refractivity (Wildman–Crippen MR) is 108 cm³/mol. The molecule has 4 rings (SSSR count). The second kappa shape index (κ2) is 7.72. The molecule has 29 heavy (non-hydrogen) atoms. The van der Waals surface area contributed by atoms with Crippen LogP contribution in [0.5, 0.6) is 11.5 Å². The van der Waals surface area contributed by atoms with Crippen molar-refractivity contribution in [3.05, 3.63) is 101 Å². The summed E-state index contributed by atoms with van der Waals surface area (Å²) in [5.41, 5.74) is 2.79. The molecule has 3 aromatic rings. The van der Waals surface area contributed by atoms with Crippen LogP contribution in [0.25, 0.3) is 5.57 Å². The van der Waals surface area contributed by atoms with Gasteiger partial charge in [0, 0.05) is 6.54 Å². The molecule has 0 bridgehead atoms. The van der Waals surface area contributed by atoms with E-state index >= 15 is 0 Å². The van der Waals surface area contributed by atoms with E-state index in [1.54, 1.807) is 36.4 Å². The van der Waals surface area contributed by atoms with Crippen molar-refractivity contribution < 1.29 is 18.7 Å². The first-order valence-electron chi connectivity index (χ1n) is 9.19. The number of halogens is 1. The third-order valence-electron chi connectivity index (χ3n) is 4.82. The van der Waals surface area contributed by atoms with Gasteiger partial charge in [-0.15, -0.1) is 0 Å². The minimum atomic E-state index is -0.313. The van der Waals surface area contributed by atoms with Crippen molar-refractivity contribution in [3.63, 3.8) is 0 Å². The van der Waals surface area contributed by atoms with Crippen LogP contribution < -0.4 is 4.74 Å². The van der Waals surface area contributed by atoms with Crippen LogP contribution in [0.15, 0.2) is 78.9 Å². The maximum Gasteiger partial charge on any atom is 0.261 e. The lowest BCUT2D eigenvalue weighted by molar-refractivity contribution is 0.0672. The molecule has 0 saturated carbocycles. The number of carbonyl (C=O) groups is 2. The number of imide groups is 1. The zero-order valence-corrected chi connectivity index (χ0v) is 15.8. The lowest BCUT2D eigenvalue weighted by atomic mass is 10.1. The molecule has 1 heterocycles. The molecule has 0 aromatic heterocycles. The van der Waals surface area contributed by atoms with Gasteiger partial charge in [-0.05, 0) is 66.6 Å². The molecule has 1 aliphatic rings. The van der Waals surface area contributed by atoms with E-state index in [9.17, 15) is 14.0 Å². The number of hydrogen-bond acceptors (Lipinski definition) is 3. The molecule has 0 saturated heterocycles. The molecule has 3 aromatic carbocycles. The average Bonchev–Trinajstić information content (AvgIpc) is 2.99. The van der Waals surface area contributed by atoms with E-state index < -0.39 is 0 Å². The standard InChI is InChI=1S/C24H18FNO3/c1-16(14-15-26-23(27)21-4-2-3-5-22(21)24(26)28)17-6-10-19(11-7-17)29-20-12-8-18(25)9-13-20/h2-14H,15H2,1H3. The van der Waals surface area contributed by atoms with E-state index in [2.05, 4.69) is 0 Å². The number of allylic oxidation sites excluding steroid dienone is 1. The van der Waals surface area contributed by atoms with Crippen molar-refractivity contribution in [2.75, 3.05) is 6.54 Å². The summed E-state index contributed by atoms with van der Waals surface area (Å²) < 4.78 is 18.7. The first-order valence-corrected chi connectivity index (χ1v) is 9.19. The van der Waals surface area contributed by atoms with Crippen molar-refractivity contribution in [2.45, 2.75) is 6.92 Å². The molecule has 0 aliphatic carbocycles. The van der Waals surface area contributed by atoms with Gasteiger partial charge >= 0.3 is 0 Å². The molecule has 2 amide bonds. The number of ether oxygens (including phenoxy) is 1. The van der Waals surface area contributed by atoms with Crippen LogP contribution in [0.1, 0.15) is 33.2 Å². The molecule has 5 heteroatoms. The topological polar surface area (TPSA) is 46.6 Å². The van der Waals surface area contributed by atoms with Crippen LogP contribution in [-0.2, 0) is 0 Å². The van der Waals surface area contributed by atoms with Gasteiger partial charge in [-0.1, -0.05) is 30.3 Å². The van der Waals surface area contributed by atoms with E-state index in [1.807, 2.05) is 37.3 Å². The fourth-order valence-electron chi connectivity index (χ4n) is 3.18. The Morgan fingerprint density at radius 2 is 1.38 bits per heavy atom. The highest BCUT2D eigenvalue weighted by atomic mass is 19.1. The minimum absolute atomic E-state index is 0.214. The Morgan fingerprint density at radius 3 is 1.93 bits per heavy atom. The molecular weight excluding hydrogens is 369 g/mol. The molecule has 0 spiro atoms. The van der Waals surface area contributed by atoms with Crippen molar-refractivity contribution in [3.8, 4) is 11.5 Å². The number of fused-ring (bicyclic) bond motifs is 1. The molecular formula is C24H18FNO3. The molecule has 0 atom stereocenters. The highest BCUT2D eigenvalue weighted by Gasteiger charge is 2.34. The van der Waals surface area contributed by atoms with Crippen LogP contribution in [0.3, 0.4) is 0 Å². The zero-order valence-electron chi connectivity index (χ0n) is 15.8. The predicted octanol–water partition coefficient (Wildman–Crippen LogP) is 5.32. The molecule has 0 fully saturated rings. The normalized spacial score (nSPS) is 13.6. The van der Waals surface area contributed by atoms with E-state index in [0.717, 1.165) is 11.1 Å². The van der Waals surface area contributed by atoms with Crippen molar-refractivity contribution in [1.82, 2.24) is 4.90 Å². The van der Waals surface area contributed by atoms with Gasteiger partial charge < -0.3 is 4.74 Å². The van der Waals surface area contributed by atoms with E-state index in [1.165, 1.54) is 17.0 Å². The fraction of sp³-hybridized carbons (Fsp3) is 0.0833. The Balaban J connectivity index is 1.44. The van der Waals surface area contributed by atoms with Crippen LogP contribution in [0, 0.1) is 5.82 Å². The summed E-state index contributed by atoms with van der Waals surface area (Å²) in [7, 11) is 0. The van der Waals surface area contributed by atoms with Crippen molar-refractivity contribution in [1.29, 1.82) is 0 Å². The Kier molecular flexibility index (Phi) is 4.96. The van der Waals surface area contributed by atoms with E-state index in [4.69, 9.17) is 4.74 Å². The lowest BCUT2D eigenvalue weighted by Gasteiger charge is -2.12. The van der Waals surface area contributed by atoms with Gasteiger partial charge in [0.1, 0.15) is 17.3 Å². The highest BCUT2D eigenvalue weighted by Crippen LogP contribution is 2.25. The SMILES string of the molecule is CC(=CCN1C(=O)c2ccccc2C1=O)c1ccc(Oc2ccc(F)cc2)cc1. The Bertz CT molecular complexity index is 1070. The molecule has 4 nitrogen and oxygen atoms in total. The second-order valence-corrected chi connectivity index (χ2v) is 6.73. The van der Waals surface area contributed by atoms with Gasteiger partial charge in [-0.3, -0.25) is 14.5 Å². The molecule has 0 unspecified atom stereocenters. The Hall–Kier alpha value is -3.73. The minimum Gasteiger partial charge on any atom is -0.457 e. The number of hydrogen-bond donors (Lipinski definition) is 0. The van der Waals surface area contributed by atoms with Gasteiger partial charge in [0.15, 0.2) is 0 Å². The molecule has 144 valence electrons. The van der Waals surface area contributed by atoms with Gasteiger partial charge in [0.25, 0.3) is 11.8 Å². The van der Waals surface area contributed by atoms with Crippen LogP contribution in [-0.4, -0.2) is 23.3 Å². The van der Waals surface area contributed by atoms with Gasteiger partial charge in [0.2, 0.25) is 0 Å². The first-order chi connectivity index (χ1) is 14.0. The van der Waals surface area contributed by atoms with Crippen molar-refractivity contribution in [2.24, 2.45) is 0 Å². The zero-order chi connectivity index (χ0) is 20.4. The van der Waals surface area contributed by atoms with Gasteiger partial charge in [-0.2, -0.15) is 0 Å². The first kappa shape index (κ1) is 18.6. The molecule has 0 radical (unpaired) electrons. The quantitative estimate of drug-likeness (QED) is 0.557. The molecule has 0 N–H and O–H groups in total. The number of amides is 2. The number of nitrogens with zero attached hydrogens (tertiary/aromatic N) is 1. The summed E-state index contributed by atoms with van der Waals surface area (Å²) in [6.07, 6.45) is 1.86. The maximum atomic E-state index is 13.0.